The van der Waals surface area contributed by atoms with Crippen LogP contribution in [0.25, 0.3) is 6.08 Å². The van der Waals surface area contributed by atoms with Gasteiger partial charge in [0.2, 0.25) is 0 Å². The fraction of sp³-hybridized carbons (Fsp3) is 0.364. The first-order valence-electron chi connectivity index (χ1n) is 4.72. The zero-order valence-electron chi connectivity index (χ0n) is 7.83. The van der Waals surface area contributed by atoms with E-state index in [1.165, 1.54) is 17.7 Å². The van der Waals surface area contributed by atoms with Crippen LogP contribution >= 0.6 is 0 Å². The maximum atomic E-state index is 4.07. The maximum absolute atomic E-state index is 4.07. The second-order valence-electron chi connectivity index (χ2n) is 3.54. The minimum atomic E-state index is 0.628. The molecule has 0 saturated carbocycles. The van der Waals surface area contributed by atoms with Gasteiger partial charge in [-0.2, -0.15) is 0 Å². The Hall–Kier alpha value is -1.31. The van der Waals surface area contributed by atoms with Gasteiger partial charge in [0.1, 0.15) is 0 Å². The molecule has 2 nitrogen and oxygen atoms in total. The number of allylic oxidation sites excluding steroid dienone is 1. The maximum Gasteiger partial charge on any atom is 0.0340 e. The van der Waals surface area contributed by atoms with E-state index in [0.717, 1.165) is 6.42 Å². The number of nitrogens with one attached hydrogen (secondary N) is 1. The number of aromatic nitrogens is 1. The van der Waals surface area contributed by atoms with Crippen LogP contribution in [-0.2, 0) is 0 Å². The molecule has 1 aliphatic rings. The summed E-state index contributed by atoms with van der Waals surface area (Å²) >= 11 is 0. The van der Waals surface area contributed by atoms with Crippen LogP contribution in [0.2, 0.25) is 0 Å². The van der Waals surface area contributed by atoms with E-state index in [2.05, 4.69) is 29.4 Å². The summed E-state index contributed by atoms with van der Waals surface area (Å²) < 4.78 is 0. The molecule has 1 aromatic rings. The lowest BCUT2D eigenvalue weighted by molar-refractivity contribution is 0.681. The fourth-order valence-electron chi connectivity index (χ4n) is 1.61. The Morgan fingerprint density at radius 2 is 2.54 bits per heavy atom. The van der Waals surface area contributed by atoms with Gasteiger partial charge in [-0.3, -0.25) is 4.98 Å². The highest BCUT2D eigenvalue weighted by Gasteiger charge is 2.12. The van der Waals surface area contributed by atoms with Crippen LogP contribution in [0.1, 0.15) is 25.3 Å². The summed E-state index contributed by atoms with van der Waals surface area (Å²) in [4.78, 5) is 4.07. The number of rotatable bonds is 1. The molecule has 1 aromatic heterocycles. The van der Waals surface area contributed by atoms with Crippen molar-refractivity contribution in [3.8, 4) is 0 Å². The van der Waals surface area contributed by atoms with Gasteiger partial charge in [-0.1, -0.05) is 6.07 Å². The first-order chi connectivity index (χ1) is 6.34. The Kier molecular flexibility index (Phi) is 2.30. The second-order valence-corrected chi connectivity index (χ2v) is 3.54. The SMILES string of the molecule is CC1CC/C(=C/c2cccnc2)N1. The van der Waals surface area contributed by atoms with E-state index < -0.39 is 0 Å². The second kappa shape index (κ2) is 3.60. The molecule has 0 amide bonds. The summed E-state index contributed by atoms with van der Waals surface area (Å²) in [5, 5.41) is 3.44. The van der Waals surface area contributed by atoms with Crippen molar-refractivity contribution in [3.05, 3.63) is 35.8 Å². The van der Waals surface area contributed by atoms with Crippen LogP contribution in [-0.4, -0.2) is 11.0 Å². The van der Waals surface area contributed by atoms with Gasteiger partial charge < -0.3 is 5.32 Å². The molecular formula is C11H14N2. The van der Waals surface area contributed by atoms with Crippen molar-refractivity contribution >= 4 is 6.08 Å². The van der Waals surface area contributed by atoms with Crippen molar-refractivity contribution in [2.75, 3.05) is 0 Å². The Morgan fingerprint density at radius 1 is 1.62 bits per heavy atom. The minimum absolute atomic E-state index is 0.628. The lowest BCUT2D eigenvalue weighted by Gasteiger charge is -2.02. The molecule has 0 aliphatic carbocycles. The first-order valence-corrected chi connectivity index (χ1v) is 4.72. The summed E-state index contributed by atoms with van der Waals surface area (Å²) in [5.74, 6) is 0. The zero-order chi connectivity index (χ0) is 9.10. The molecule has 1 fully saturated rings. The highest BCUT2D eigenvalue weighted by atomic mass is 14.9. The highest BCUT2D eigenvalue weighted by Crippen LogP contribution is 2.17. The molecule has 0 spiro atoms. The van der Waals surface area contributed by atoms with E-state index in [4.69, 9.17) is 0 Å². The van der Waals surface area contributed by atoms with Gasteiger partial charge in [0.05, 0.1) is 0 Å². The smallest absolute Gasteiger partial charge is 0.0340 e. The van der Waals surface area contributed by atoms with Gasteiger partial charge >= 0.3 is 0 Å². The molecule has 1 aliphatic heterocycles. The number of nitrogens with zero attached hydrogens (tertiary/aromatic N) is 1. The molecule has 2 rings (SSSR count). The molecule has 0 aromatic carbocycles. The minimum Gasteiger partial charge on any atom is -0.386 e. The van der Waals surface area contributed by atoms with E-state index in [-0.39, 0.29) is 0 Å². The molecule has 1 unspecified atom stereocenters. The monoisotopic (exact) mass is 174 g/mol. The Bertz CT molecular complexity index is 303. The summed E-state index contributed by atoms with van der Waals surface area (Å²) in [6.45, 7) is 2.21. The Balaban J connectivity index is 2.13. The summed E-state index contributed by atoms with van der Waals surface area (Å²) in [6, 6.07) is 4.66. The van der Waals surface area contributed by atoms with Crippen molar-refractivity contribution in [3.63, 3.8) is 0 Å². The quantitative estimate of drug-likeness (QED) is 0.706. The molecule has 13 heavy (non-hydrogen) atoms. The largest absolute Gasteiger partial charge is 0.386 e. The molecule has 2 heterocycles. The van der Waals surface area contributed by atoms with E-state index in [1.807, 2.05) is 12.3 Å². The van der Waals surface area contributed by atoms with Crippen molar-refractivity contribution in [2.45, 2.75) is 25.8 Å². The lowest BCUT2D eigenvalue weighted by Crippen LogP contribution is -2.15. The predicted octanol–water partition coefficient (Wildman–Crippen LogP) is 2.19. The molecule has 0 bridgehead atoms. The molecule has 1 saturated heterocycles. The summed E-state index contributed by atoms with van der Waals surface area (Å²) in [7, 11) is 0. The van der Waals surface area contributed by atoms with Crippen LogP contribution in [0.15, 0.2) is 30.2 Å². The Morgan fingerprint density at radius 3 is 3.15 bits per heavy atom. The average Bonchev–Trinajstić information content (AvgIpc) is 2.53. The van der Waals surface area contributed by atoms with E-state index in [9.17, 15) is 0 Å². The molecule has 0 radical (unpaired) electrons. The van der Waals surface area contributed by atoms with Gasteiger partial charge in [-0.05, 0) is 37.5 Å². The Labute approximate surface area is 78.7 Å². The van der Waals surface area contributed by atoms with E-state index in [1.54, 1.807) is 6.20 Å². The third-order valence-corrected chi connectivity index (χ3v) is 2.30. The molecule has 1 atom stereocenters. The molecule has 68 valence electrons. The predicted molar refractivity (Wildman–Crippen MR) is 54.0 cm³/mol. The molecule has 2 heteroatoms. The topological polar surface area (TPSA) is 24.9 Å². The number of pyridine rings is 1. The van der Waals surface area contributed by atoms with Gasteiger partial charge in [-0.25, -0.2) is 0 Å². The molecular weight excluding hydrogens is 160 g/mol. The fourth-order valence-corrected chi connectivity index (χ4v) is 1.61. The van der Waals surface area contributed by atoms with Gasteiger partial charge in [0.15, 0.2) is 0 Å². The van der Waals surface area contributed by atoms with Crippen molar-refractivity contribution in [2.24, 2.45) is 0 Å². The van der Waals surface area contributed by atoms with Gasteiger partial charge in [0.25, 0.3) is 0 Å². The zero-order valence-corrected chi connectivity index (χ0v) is 7.83. The van der Waals surface area contributed by atoms with Gasteiger partial charge in [-0.15, -0.1) is 0 Å². The standard InChI is InChI=1S/C11H14N2/c1-9-4-5-11(13-9)7-10-3-2-6-12-8-10/h2-3,6-9,13H,4-5H2,1H3/b11-7-. The van der Waals surface area contributed by atoms with Crippen LogP contribution < -0.4 is 5.32 Å². The first kappa shape index (κ1) is 8.30. The van der Waals surface area contributed by atoms with Crippen LogP contribution in [0.5, 0.6) is 0 Å². The summed E-state index contributed by atoms with van der Waals surface area (Å²) in [5.41, 5.74) is 2.51. The van der Waals surface area contributed by atoms with Crippen LogP contribution in [0.3, 0.4) is 0 Å². The number of hydrogen-bond donors (Lipinski definition) is 1. The average molecular weight is 174 g/mol. The van der Waals surface area contributed by atoms with Gasteiger partial charge in [0, 0.05) is 24.1 Å². The van der Waals surface area contributed by atoms with Crippen molar-refractivity contribution in [1.82, 2.24) is 10.3 Å². The van der Waals surface area contributed by atoms with Crippen molar-refractivity contribution < 1.29 is 0 Å². The number of hydrogen-bond acceptors (Lipinski definition) is 2. The lowest BCUT2D eigenvalue weighted by atomic mass is 10.2. The van der Waals surface area contributed by atoms with Crippen LogP contribution in [0, 0.1) is 0 Å². The third-order valence-electron chi connectivity index (χ3n) is 2.30. The van der Waals surface area contributed by atoms with Crippen LogP contribution in [0.4, 0.5) is 0 Å². The summed E-state index contributed by atoms with van der Waals surface area (Å²) in [6.07, 6.45) is 8.27. The van der Waals surface area contributed by atoms with E-state index >= 15 is 0 Å². The third kappa shape index (κ3) is 2.08. The highest BCUT2D eigenvalue weighted by molar-refractivity contribution is 5.51. The van der Waals surface area contributed by atoms with E-state index in [0.29, 0.717) is 6.04 Å². The van der Waals surface area contributed by atoms with Crippen molar-refractivity contribution in [1.29, 1.82) is 0 Å². The normalized spacial score (nSPS) is 24.7. The molecule has 1 N–H and O–H groups in total.